The molecule has 0 radical (unpaired) electrons. The molecule has 1 N–H and O–H groups in total. The fourth-order valence-electron chi connectivity index (χ4n) is 1.78. The zero-order valence-corrected chi connectivity index (χ0v) is 11.7. The Bertz CT molecular complexity index is 576. The highest BCUT2D eigenvalue weighted by Crippen LogP contribution is 2.22. The van der Waals surface area contributed by atoms with E-state index in [0.29, 0.717) is 10.8 Å². The van der Waals surface area contributed by atoms with Crippen molar-refractivity contribution in [3.8, 4) is 5.82 Å². The maximum atomic E-state index is 6.15. The lowest BCUT2D eigenvalue weighted by Gasteiger charge is -2.08. The van der Waals surface area contributed by atoms with Crippen LogP contribution in [0.4, 0.5) is 5.82 Å². The summed E-state index contributed by atoms with van der Waals surface area (Å²) >= 11 is 6.15. The monoisotopic (exact) mass is 265 g/mol. The fourth-order valence-corrected chi connectivity index (χ4v) is 1.90. The quantitative estimate of drug-likeness (QED) is 0.927. The number of halogens is 1. The third kappa shape index (κ3) is 2.31. The number of aryl methyl sites for hydroxylation is 2. The molecule has 0 spiro atoms. The van der Waals surface area contributed by atoms with Gasteiger partial charge in [-0.2, -0.15) is 5.10 Å². The first-order valence-electron chi connectivity index (χ1n) is 5.84. The van der Waals surface area contributed by atoms with E-state index in [1.807, 2.05) is 33.8 Å². The summed E-state index contributed by atoms with van der Waals surface area (Å²) in [7, 11) is 0. The molecule has 0 atom stereocenters. The summed E-state index contributed by atoms with van der Waals surface area (Å²) < 4.78 is 1.74. The van der Waals surface area contributed by atoms with Gasteiger partial charge in [0.25, 0.3) is 0 Å². The lowest BCUT2D eigenvalue weighted by molar-refractivity contribution is 0.793. The van der Waals surface area contributed by atoms with Crippen molar-refractivity contribution in [1.29, 1.82) is 0 Å². The van der Waals surface area contributed by atoms with Crippen LogP contribution in [0.3, 0.4) is 0 Å². The van der Waals surface area contributed by atoms with E-state index in [2.05, 4.69) is 20.4 Å². The minimum atomic E-state index is 0.677. The van der Waals surface area contributed by atoms with Crippen LogP contribution < -0.4 is 5.32 Å². The van der Waals surface area contributed by atoms with Crippen molar-refractivity contribution in [3.63, 3.8) is 0 Å². The molecule has 0 amide bonds. The Balaban J connectivity index is 2.52. The Morgan fingerprint density at radius 3 is 2.56 bits per heavy atom. The second-order valence-electron chi connectivity index (χ2n) is 4.09. The summed E-state index contributed by atoms with van der Waals surface area (Å²) in [4.78, 5) is 8.70. The Morgan fingerprint density at radius 2 is 2.00 bits per heavy atom. The summed E-state index contributed by atoms with van der Waals surface area (Å²) in [5.41, 5.74) is 1.69. The van der Waals surface area contributed by atoms with Gasteiger partial charge in [0.15, 0.2) is 5.82 Å². The topological polar surface area (TPSA) is 55.6 Å². The highest BCUT2D eigenvalue weighted by Gasteiger charge is 2.12. The third-order valence-electron chi connectivity index (χ3n) is 2.60. The highest BCUT2D eigenvalue weighted by molar-refractivity contribution is 6.31. The Hall–Kier alpha value is -1.62. The molecular formula is C12H16ClN5. The molecule has 0 fully saturated rings. The average Bonchev–Trinajstić information content (AvgIpc) is 2.57. The van der Waals surface area contributed by atoms with Gasteiger partial charge in [0.2, 0.25) is 0 Å². The molecule has 0 saturated carbocycles. The van der Waals surface area contributed by atoms with Crippen molar-refractivity contribution in [2.75, 3.05) is 11.9 Å². The van der Waals surface area contributed by atoms with E-state index in [-0.39, 0.29) is 0 Å². The van der Waals surface area contributed by atoms with Crippen LogP contribution in [0, 0.1) is 20.8 Å². The van der Waals surface area contributed by atoms with Gasteiger partial charge in [0.1, 0.15) is 11.6 Å². The Kier molecular flexibility index (Phi) is 3.52. The van der Waals surface area contributed by atoms with Gasteiger partial charge >= 0.3 is 0 Å². The molecule has 5 nitrogen and oxygen atoms in total. The van der Waals surface area contributed by atoms with E-state index in [1.165, 1.54) is 0 Å². The van der Waals surface area contributed by atoms with Crippen molar-refractivity contribution in [1.82, 2.24) is 19.7 Å². The molecule has 2 aromatic heterocycles. The summed E-state index contributed by atoms with van der Waals surface area (Å²) in [6.45, 7) is 8.50. The van der Waals surface area contributed by atoms with Crippen LogP contribution in [0.25, 0.3) is 5.82 Å². The molecule has 0 aromatic carbocycles. The number of rotatable bonds is 3. The fraction of sp³-hybridized carbons (Fsp3) is 0.417. The first-order valence-corrected chi connectivity index (χ1v) is 6.22. The molecule has 0 aliphatic rings. The molecule has 0 aliphatic carbocycles. The van der Waals surface area contributed by atoms with Gasteiger partial charge in [-0.05, 0) is 27.7 Å². The summed E-state index contributed by atoms with van der Waals surface area (Å²) in [5.74, 6) is 2.22. The maximum Gasteiger partial charge on any atom is 0.159 e. The SMILES string of the molecule is CCNc1cc(-n2nc(C)c(Cl)c2C)nc(C)n1. The zero-order chi connectivity index (χ0) is 13.3. The van der Waals surface area contributed by atoms with Crippen LogP contribution >= 0.6 is 11.6 Å². The lowest BCUT2D eigenvalue weighted by Crippen LogP contribution is -2.07. The van der Waals surface area contributed by atoms with Crippen molar-refractivity contribution in [2.45, 2.75) is 27.7 Å². The maximum absolute atomic E-state index is 6.15. The number of nitrogens with zero attached hydrogens (tertiary/aromatic N) is 4. The molecule has 0 bridgehead atoms. The van der Waals surface area contributed by atoms with Crippen molar-refractivity contribution in [2.24, 2.45) is 0 Å². The van der Waals surface area contributed by atoms with E-state index in [4.69, 9.17) is 11.6 Å². The number of hydrogen-bond acceptors (Lipinski definition) is 4. The number of hydrogen-bond donors (Lipinski definition) is 1. The molecule has 18 heavy (non-hydrogen) atoms. The minimum Gasteiger partial charge on any atom is -0.370 e. The van der Waals surface area contributed by atoms with Crippen LogP contribution in [0.1, 0.15) is 24.1 Å². The molecule has 0 unspecified atom stereocenters. The second-order valence-corrected chi connectivity index (χ2v) is 4.46. The lowest BCUT2D eigenvalue weighted by atomic mass is 10.4. The van der Waals surface area contributed by atoms with Crippen LogP contribution in [0.15, 0.2) is 6.07 Å². The predicted octanol–water partition coefficient (Wildman–Crippen LogP) is 2.67. The predicted molar refractivity (Wildman–Crippen MR) is 72.5 cm³/mol. The largest absolute Gasteiger partial charge is 0.370 e. The van der Waals surface area contributed by atoms with Crippen molar-refractivity contribution >= 4 is 17.4 Å². The van der Waals surface area contributed by atoms with Gasteiger partial charge in [0.05, 0.1) is 16.4 Å². The molecule has 2 heterocycles. The minimum absolute atomic E-state index is 0.677. The van der Waals surface area contributed by atoms with Gasteiger partial charge < -0.3 is 5.32 Å². The molecule has 0 aliphatic heterocycles. The van der Waals surface area contributed by atoms with Crippen molar-refractivity contribution < 1.29 is 0 Å². The molecule has 2 aromatic rings. The average molecular weight is 266 g/mol. The van der Waals surface area contributed by atoms with Crippen molar-refractivity contribution in [3.05, 3.63) is 28.3 Å². The van der Waals surface area contributed by atoms with E-state index in [0.717, 1.165) is 29.6 Å². The van der Waals surface area contributed by atoms with Gasteiger partial charge in [-0.3, -0.25) is 0 Å². The highest BCUT2D eigenvalue weighted by atomic mass is 35.5. The van der Waals surface area contributed by atoms with Gasteiger partial charge in [-0.15, -0.1) is 0 Å². The van der Waals surface area contributed by atoms with E-state index >= 15 is 0 Å². The standard InChI is InChI=1S/C12H16ClN5/c1-5-14-10-6-11(16-9(4)15-10)18-8(3)12(13)7(2)17-18/h6H,5H2,1-4H3,(H,14,15,16). The van der Waals surface area contributed by atoms with Gasteiger partial charge in [0, 0.05) is 12.6 Å². The number of anilines is 1. The second kappa shape index (κ2) is 4.94. The molecule has 0 saturated heterocycles. The first kappa shape index (κ1) is 12.8. The van der Waals surface area contributed by atoms with Gasteiger partial charge in [-0.25, -0.2) is 14.6 Å². The smallest absolute Gasteiger partial charge is 0.159 e. The van der Waals surface area contributed by atoms with Crippen LogP contribution in [-0.4, -0.2) is 26.3 Å². The van der Waals surface area contributed by atoms with E-state index < -0.39 is 0 Å². The number of aromatic nitrogens is 4. The number of nitrogens with one attached hydrogen (secondary N) is 1. The van der Waals surface area contributed by atoms with E-state index in [9.17, 15) is 0 Å². The molecule has 96 valence electrons. The Labute approximate surface area is 111 Å². The molecular weight excluding hydrogens is 250 g/mol. The molecule has 6 heteroatoms. The van der Waals surface area contributed by atoms with E-state index in [1.54, 1.807) is 4.68 Å². The summed E-state index contributed by atoms with van der Waals surface area (Å²) in [6.07, 6.45) is 0. The zero-order valence-electron chi connectivity index (χ0n) is 11.0. The Morgan fingerprint density at radius 1 is 1.28 bits per heavy atom. The molecule has 2 rings (SSSR count). The first-order chi connectivity index (χ1) is 8.52. The van der Waals surface area contributed by atoms with Gasteiger partial charge in [-0.1, -0.05) is 11.6 Å². The normalized spacial score (nSPS) is 10.7. The van der Waals surface area contributed by atoms with Crippen LogP contribution in [0.2, 0.25) is 5.02 Å². The third-order valence-corrected chi connectivity index (χ3v) is 3.15. The van der Waals surface area contributed by atoms with Crippen LogP contribution in [0.5, 0.6) is 0 Å². The summed E-state index contributed by atoms with van der Waals surface area (Å²) in [5, 5.41) is 8.24. The van der Waals surface area contributed by atoms with Crippen LogP contribution in [-0.2, 0) is 0 Å². The summed E-state index contributed by atoms with van der Waals surface area (Å²) in [6, 6.07) is 1.87.